The Morgan fingerprint density at radius 2 is 1.69 bits per heavy atom. The van der Waals surface area contributed by atoms with Crippen molar-refractivity contribution in [2.45, 2.75) is 37.2 Å². The fourth-order valence-corrected chi connectivity index (χ4v) is 3.67. The van der Waals surface area contributed by atoms with Crippen LogP contribution in [0.25, 0.3) is 11.4 Å². The summed E-state index contributed by atoms with van der Waals surface area (Å²) in [6, 6.07) is 19.5. The molecule has 0 aliphatic rings. The minimum absolute atomic E-state index is 0.0179. The van der Waals surface area contributed by atoms with Gasteiger partial charge in [-0.25, -0.2) is 0 Å². The molecule has 134 valence electrons. The van der Waals surface area contributed by atoms with Crippen LogP contribution >= 0.6 is 11.8 Å². The van der Waals surface area contributed by atoms with Crippen molar-refractivity contribution in [1.82, 2.24) is 14.8 Å². The fraction of sp³-hybridized carbons (Fsp3) is 0.250. The second kappa shape index (κ2) is 8.67. The van der Waals surface area contributed by atoms with Crippen molar-refractivity contribution in [1.29, 1.82) is 0 Å². The first-order chi connectivity index (χ1) is 12.7. The van der Waals surface area contributed by atoms with Crippen molar-refractivity contribution >= 4 is 23.4 Å². The Morgan fingerprint density at radius 3 is 2.31 bits per heavy atom. The van der Waals surface area contributed by atoms with Gasteiger partial charge in [0.15, 0.2) is 11.0 Å². The number of nitrogens with one attached hydrogen (secondary N) is 1. The topological polar surface area (TPSA) is 59.8 Å². The number of carbonyl (C=O) groups excluding carboxylic acids is 1. The third kappa shape index (κ3) is 4.14. The van der Waals surface area contributed by atoms with E-state index in [1.54, 1.807) is 0 Å². The van der Waals surface area contributed by atoms with Crippen LogP contribution in [-0.4, -0.2) is 25.9 Å². The van der Waals surface area contributed by atoms with Crippen molar-refractivity contribution in [2.24, 2.45) is 0 Å². The van der Waals surface area contributed by atoms with Gasteiger partial charge < -0.3 is 9.88 Å². The van der Waals surface area contributed by atoms with E-state index in [0.717, 1.165) is 28.8 Å². The molecule has 0 aliphatic heterocycles. The van der Waals surface area contributed by atoms with Crippen molar-refractivity contribution in [3.8, 4) is 11.4 Å². The van der Waals surface area contributed by atoms with E-state index in [0.29, 0.717) is 6.42 Å². The smallest absolute Gasteiger partial charge is 0.237 e. The van der Waals surface area contributed by atoms with Gasteiger partial charge in [0.05, 0.1) is 5.25 Å². The normalized spacial score (nSPS) is 11.9. The minimum Gasteiger partial charge on any atom is -0.325 e. The van der Waals surface area contributed by atoms with Crippen molar-refractivity contribution < 1.29 is 4.79 Å². The van der Waals surface area contributed by atoms with Crippen LogP contribution in [0.1, 0.15) is 20.3 Å². The first-order valence-electron chi connectivity index (χ1n) is 8.74. The molecule has 1 aromatic heterocycles. The number of amides is 1. The Morgan fingerprint density at radius 1 is 1.04 bits per heavy atom. The molecule has 26 heavy (non-hydrogen) atoms. The number of carbonyl (C=O) groups is 1. The Kier molecular flexibility index (Phi) is 6.07. The van der Waals surface area contributed by atoms with Gasteiger partial charge in [-0.2, -0.15) is 0 Å². The third-order valence-corrected chi connectivity index (χ3v) is 5.36. The fourth-order valence-electron chi connectivity index (χ4n) is 2.66. The van der Waals surface area contributed by atoms with Crippen molar-refractivity contribution in [3.63, 3.8) is 0 Å². The van der Waals surface area contributed by atoms with Gasteiger partial charge in [0.1, 0.15) is 0 Å². The molecule has 0 bridgehead atoms. The summed E-state index contributed by atoms with van der Waals surface area (Å²) in [7, 11) is 0. The zero-order valence-electron chi connectivity index (χ0n) is 14.9. The Balaban J connectivity index is 1.78. The highest BCUT2D eigenvalue weighted by atomic mass is 32.2. The molecular weight excluding hydrogens is 344 g/mol. The van der Waals surface area contributed by atoms with Crippen molar-refractivity contribution in [3.05, 3.63) is 60.7 Å². The molecule has 0 saturated heterocycles. The molecule has 0 spiro atoms. The molecule has 5 nitrogen and oxygen atoms in total. The molecule has 2 aromatic carbocycles. The second-order valence-electron chi connectivity index (χ2n) is 5.79. The minimum atomic E-state index is -0.228. The molecule has 0 radical (unpaired) electrons. The lowest BCUT2D eigenvalue weighted by Gasteiger charge is -2.15. The Hall–Kier alpha value is -2.60. The van der Waals surface area contributed by atoms with Crippen LogP contribution in [0.5, 0.6) is 0 Å². The molecule has 3 rings (SSSR count). The van der Waals surface area contributed by atoms with Crippen LogP contribution in [0.3, 0.4) is 0 Å². The van der Waals surface area contributed by atoms with E-state index in [4.69, 9.17) is 0 Å². The summed E-state index contributed by atoms with van der Waals surface area (Å²) in [6.07, 6.45) is 0.709. The average Bonchev–Trinajstić information content (AvgIpc) is 3.10. The van der Waals surface area contributed by atoms with E-state index in [1.807, 2.05) is 67.6 Å². The van der Waals surface area contributed by atoms with Gasteiger partial charge in [0, 0.05) is 17.8 Å². The number of rotatable bonds is 7. The number of hydrogen-bond acceptors (Lipinski definition) is 4. The zero-order valence-corrected chi connectivity index (χ0v) is 15.7. The van der Waals surface area contributed by atoms with Crippen molar-refractivity contribution in [2.75, 3.05) is 5.32 Å². The summed E-state index contributed by atoms with van der Waals surface area (Å²) in [5, 5.41) is 12.2. The number of anilines is 1. The van der Waals surface area contributed by atoms with E-state index in [2.05, 4.69) is 27.0 Å². The number of aromatic nitrogens is 3. The molecule has 3 aromatic rings. The van der Waals surface area contributed by atoms with Crippen LogP contribution < -0.4 is 5.32 Å². The predicted octanol–water partition coefficient (Wildman–Crippen LogP) is 4.47. The zero-order chi connectivity index (χ0) is 18.4. The number of para-hydroxylation sites is 1. The number of benzene rings is 2. The summed E-state index contributed by atoms with van der Waals surface area (Å²) < 4.78 is 2.05. The van der Waals surface area contributed by atoms with Gasteiger partial charge in [-0.15, -0.1) is 10.2 Å². The van der Waals surface area contributed by atoms with E-state index >= 15 is 0 Å². The SMILES string of the molecule is CCC(Sc1nnc(-c2ccccc2)n1CC)C(=O)Nc1ccccc1. The van der Waals surface area contributed by atoms with E-state index in [1.165, 1.54) is 11.8 Å². The molecule has 0 saturated carbocycles. The molecule has 1 heterocycles. The number of hydrogen-bond donors (Lipinski definition) is 1. The summed E-state index contributed by atoms with van der Waals surface area (Å²) >= 11 is 1.46. The molecule has 1 atom stereocenters. The molecule has 1 unspecified atom stereocenters. The van der Waals surface area contributed by atoms with Crippen LogP contribution in [-0.2, 0) is 11.3 Å². The molecule has 1 N–H and O–H groups in total. The highest BCUT2D eigenvalue weighted by molar-refractivity contribution is 8.00. The largest absolute Gasteiger partial charge is 0.325 e. The van der Waals surface area contributed by atoms with E-state index in [-0.39, 0.29) is 11.2 Å². The average molecular weight is 366 g/mol. The van der Waals surface area contributed by atoms with E-state index in [9.17, 15) is 4.79 Å². The summed E-state index contributed by atoms with van der Waals surface area (Å²) in [5.41, 5.74) is 1.83. The van der Waals surface area contributed by atoms with Crippen LogP contribution in [0.2, 0.25) is 0 Å². The molecule has 1 amide bonds. The highest BCUT2D eigenvalue weighted by Crippen LogP contribution is 2.28. The van der Waals surface area contributed by atoms with Gasteiger partial charge in [-0.1, -0.05) is 67.2 Å². The number of nitrogens with zero attached hydrogens (tertiary/aromatic N) is 3. The standard InChI is InChI=1S/C20H22N4OS/c1-3-17(19(25)21-16-13-9-6-10-14-16)26-20-23-22-18(24(20)4-2)15-11-7-5-8-12-15/h5-14,17H,3-4H2,1-2H3,(H,21,25). The quantitative estimate of drug-likeness (QED) is 0.627. The van der Waals surface area contributed by atoms with Gasteiger partial charge in [0.2, 0.25) is 5.91 Å². The van der Waals surface area contributed by atoms with Gasteiger partial charge >= 0.3 is 0 Å². The summed E-state index contributed by atoms with van der Waals surface area (Å²) in [6.45, 7) is 4.81. The summed E-state index contributed by atoms with van der Waals surface area (Å²) in [4.78, 5) is 12.6. The van der Waals surface area contributed by atoms with Crippen LogP contribution in [0.15, 0.2) is 65.8 Å². The lowest BCUT2D eigenvalue weighted by atomic mass is 10.2. The number of thioether (sulfide) groups is 1. The van der Waals surface area contributed by atoms with Crippen LogP contribution in [0, 0.1) is 0 Å². The van der Waals surface area contributed by atoms with E-state index < -0.39 is 0 Å². The Bertz CT molecular complexity index is 849. The molecule has 6 heteroatoms. The van der Waals surface area contributed by atoms with Gasteiger partial charge in [0.25, 0.3) is 0 Å². The maximum Gasteiger partial charge on any atom is 0.237 e. The third-order valence-electron chi connectivity index (χ3n) is 4.02. The summed E-state index contributed by atoms with van der Waals surface area (Å²) in [5.74, 6) is 0.810. The predicted molar refractivity (Wildman–Crippen MR) is 106 cm³/mol. The second-order valence-corrected chi connectivity index (χ2v) is 6.96. The van der Waals surface area contributed by atoms with Crippen LogP contribution in [0.4, 0.5) is 5.69 Å². The Labute approximate surface area is 157 Å². The maximum absolute atomic E-state index is 12.6. The van der Waals surface area contributed by atoms with Gasteiger partial charge in [-0.05, 0) is 25.5 Å². The lowest BCUT2D eigenvalue weighted by molar-refractivity contribution is -0.115. The molecular formula is C20H22N4OS. The molecule has 0 aliphatic carbocycles. The first-order valence-corrected chi connectivity index (χ1v) is 9.62. The monoisotopic (exact) mass is 366 g/mol. The highest BCUT2D eigenvalue weighted by Gasteiger charge is 2.22. The maximum atomic E-state index is 12.6. The molecule has 0 fully saturated rings. The van der Waals surface area contributed by atoms with Gasteiger partial charge in [-0.3, -0.25) is 4.79 Å². The lowest BCUT2D eigenvalue weighted by Crippen LogP contribution is -2.25. The first kappa shape index (κ1) is 18.2.